The molecule has 2 N–H and O–H groups in total. The smallest absolute Gasteiger partial charge is 0.264 e. The lowest BCUT2D eigenvalue weighted by atomic mass is 9.91. The van der Waals surface area contributed by atoms with Gasteiger partial charge in [0.25, 0.3) is 5.91 Å². The van der Waals surface area contributed by atoms with Gasteiger partial charge in [-0.15, -0.1) is 11.3 Å². The van der Waals surface area contributed by atoms with E-state index in [9.17, 15) is 9.59 Å². The number of benzene rings is 1. The lowest BCUT2D eigenvalue weighted by Gasteiger charge is -2.31. The number of carbonyl (C=O) groups is 2. The fraction of sp³-hybridized carbons (Fsp3) is 0.333. The minimum Gasteiger partial charge on any atom is -0.367 e. The fourth-order valence-electron chi connectivity index (χ4n) is 3.34. The second kappa shape index (κ2) is 6.03. The van der Waals surface area contributed by atoms with Crippen molar-refractivity contribution in [2.75, 3.05) is 19.7 Å². The second-order valence-corrected chi connectivity index (χ2v) is 7.19. The third kappa shape index (κ3) is 2.61. The van der Waals surface area contributed by atoms with Gasteiger partial charge in [-0.1, -0.05) is 24.3 Å². The average molecular weight is 342 g/mol. The number of thiophene rings is 1. The predicted octanol–water partition coefficient (Wildman–Crippen LogP) is 1.84. The van der Waals surface area contributed by atoms with E-state index in [0.717, 1.165) is 17.7 Å². The van der Waals surface area contributed by atoms with Crippen LogP contribution in [0.1, 0.15) is 20.8 Å². The number of hydrogen-bond acceptors (Lipinski definition) is 4. The molecular formula is C18H18N2O3S. The maximum Gasteiger partial charge on any atom is 0.264 e. The molecule has 2 aliphatic rings. The Morgan fingerprint density at radius 1 is 1.21 bits per heavy atom. The molecule has 2 heterocycles. The molecule has 124 valence electrons. The monoisotopic (exact) mass is 342 g/mol. The molecule has 1 aliphatic carbocycles. The van der Waals surface area contributed by atoms with E-state index in [2.05, 4.69) is 18.2 Å². The Morgan fingerprint density at radius 3 is 2.83 bits per heavy atom. The summed E-state index contributed by atoms with van der Waals surface area (Å²) >= 11 is 1.54. The van der Waals surface area contributed by atoms with Gasteiger partial charge in [-0.3, -0.25) is 9.59 Å². The van der Waals surface area contributed by atoms with Crippen LogP contribution in [0.2, 0.25) is 0 Å². The number of aryl methyl sites for hydroxylation is 2. The first-order chi connectivity index (χ1) is 11.6. The Labute approximate surface area is 144 Å². The molecule has 4 rings (SSSR count). The van der Waals surface area contributed by atoms with Crippen LogP contribution in [0.4, 0.5) is 0 Å². The maximum atomic E-state index is 12.8. The Bertz CT molecular complexity index is 814. The fourth-order valence-corrected chi connectivity index (χ4v) is 4.58. The normalized spacial score (nSPS) is 19.5. The molecule has 1 aliphatic heterocycles. The molecule has 0 spiro atoms. The SMILES string of the molecule is NC(=O)C1CN(C(=O)c2cc3c(s2)-c2ccccc2CC3)CCO1. The summed E-state index contributed by atoms with van der Waals surface area (Å²) in [6, 6.07) is 10.4. The van der Waals surface area contributed by atoms with Crippen molar-refractivity contribution in [1.82, 2.24) is 4.90 Å². The summed E-state index contributed by atoms with van der Waals surface area (Å²) in [5, 5.41) is 0. The number of nitrogens with zero attached hydrogens (tertiary/aromatic N) is 1. The minimum atomic E-state index is -0.710. The highest BCUT2D eigenvalue weighted by Gasteiger charge is 2.30. The molecule has 0 radical (unpaired) electrons. The molecule has 1 aromatic carbocycles. The van der Waals surface area contributed by atoms with Crippen molar-refractivity contribution in [2.24, 2.45) is 5.73 Å². The van der Waals surface area contributed by atoms with Gasteiger partial charge < -0.3 is 15.4 Å². The van der Waals surface area contributed by atoms with E-state index in [-0.39, 0.29) is 12.5 Å². The van der Waals surface area contributed by atoms with Gasteiger partial charge in [0, 0.05) is 11.4 Å². The lowest BCUT2D eigenvalue weighted by Crippen LogP contribution is -2.50. The van der Waals surface area contributed by atoms with Crippen LogP contribution in [0.25, 0.3) is 10.4 Å². The average Bonchev–Trinajstić information content (AvgIpc) is 3.06. The van der Waals surface area contributed by atoms with Crippen molar-refractivity contribution in [2.45, 2.75) is 18.9 Å². The first-order valence-electron chi connectivity index (χ1n) is 8.04. The zero-order chi connectivity index (χ0) is 16.7. The molecule has 6 heteroatoms. The van der Waals surface area contributed by atoms with Gasteiger partial charge in [-0.25, -0.2) is 0 Å². The largest absolute Gasteiger partial charge is 0.367 e. The third-order valence-corrected chi connectivity index (χ3v) is 5.82. The number of amides is 2. The van der Waals surface area contributed by atoms with E-state index in [0.29, 0.717) is 13.2 Å². The van der Waals surface area contributed by atoms with Crippen LogP contribution in [-0.4, -0.2) is 42.5 Å². The summed E-state index contributed by atoms with van der Waals surface area (Å²) in [5.74, 6) is -0.562. The van der Waals surface area contributed by atoms with E-state index in [1.807, 2.05) is 12.1 Å². The summed E-state index contributed by atoms with van der Waals surface area (Å²) in [7, 11) is 0. The van der Waals surface area contributed by atoms with Crippen molar-refractivity contribution in [3.63, 3.8) is 0 Å². The number of ether oxygens (including phenoxy) is 1. The number of rotatable bonds is 2. The summed E-state index contributed by atoms with van der Waals surface area (Å²) in [6.45, 7) is 1.06. The predicted molar refractivity (Wildman–Crippen MR) is 92.0 cm³/mol. The summed E-state index contributed by atoms with van der Waals surface area (Å²) in [4.78, 5) is 27.7. The molecule has 5 nitrogen and oxygen atoms in total. The molecule has 1 fully saturated rings. The van der Waals surface area contributed by atoms with Crippen molar-refractivity contribution in [1.29, 1.82) is 0 Å². The van der Waals surface area contributed by atoms with E-state index < -0.39 is 12.0 Å². The van der Waals surface area contributed by atoms with Gasteiger partial charge >= 0.3 is 0 Å². The van der Waals surface area contributed by atoms with E-state index in [1.54, 1.807) is 16.2 Å². The van der Waals surface area contributed by atoms with Crippen LogP contribution in [-0.2, 0) is 22.4 Å². The lowest BCUT2D eigenvalue weighted by molar-refractivity contribution is -0.133. The summed E-state index contributed by atoms with van der Waals surface area (Å²) in [6.07, 6.45) is 1.26. The van der Waals surface area contributed by atoms with Gasteiger partial charge in [0.15, 0.2) is 6.10 Å². The highest BCUT2D eigenvalue weighted by molar-refractivity contribution is 7.17. The van der Waals surface area contributed by atoms with Crippen LogP contribution in [0, 0.1) is 0 Å². The zero-order valence-corrected chi connectivity index (χ0v) is 14.0. The van der Waals surface area contributed by atoms with E-state index in [1.165, 1.54) is 21.6 Å². The third-order valence-electron chi connectivity index (χ3n) is 4.62. The summed E-state index contributed by atoms with van der Waals surface area (Å²) < 4.78 is 5.32. The van der Waals surface area contributed by atoms with Crippen LogP contribution in [0.15, 0.2) is 30.3 Å². The molecule has 1 aromatic heterocycles. The van der Waals surface area contributed by atoms with E-state index in [4.69, 9.17) is 10.5 Å². The Hall–Kier alpha value is -2.18. The standard InChI is InChI=1S/C18H18N2O3S/c19-17(21)14-10-20(7-8-23-14)18(22)15-9-12-6-5-11-3-1-2-4-13(11)16(12)24-15/h1-4,9,14H,5-8,10H2,(H2,19,21). The van der Waals surface area contributed by atoms with Gasteiger partial charge in [0.05, 0.1) is 18.0 Å². The number of nitrogens with two attached hydrogens (primary N) is 1. The number of fused-ring (bicyclic) bond motifs is 3. The zero-order valence-electron chi connectivity index (χ0n) is 13.2. The molecule has 2 aromatic rings. The van der Waals surface area contributed by atoms with Gasteiger partial charge in [-0.05, 0) is 35.6 Å². The number of morpholine rings is 1. The maximum absolute atomic E-state index is 12.8. The molecule has 24 heavy (non-hydrogen) atoms. The van der Waals surface area contributed by atoms with Crippen molar-refractivity contribution in [3.8, 4) is 10.4 Å². The number of hydrogen-bond donors (Lipinski definition) is 1. The van der Waals surface area contributed by atoms with Crippen molar-refractivity contribution < 1.29 is 14.3 Å². The highest BCUT2D eigenvalue weighted by atomic mass is 32.1. The van der Waals surface area contributed by atoms with Gasteiger partial charge in [0.2, 0.25) is 5.91 Å². The molecule has 1 atom stereocenters. The second-order valence-electron chi connectivity index (χ2n) is 6.14. The van der Waals surface area contributed by atoms with E-state index >= 15 is 0 Å². The molecule has 2 amide bonds. The van der Waals surface area contributed by atoms with Gasteiger partial charge in [-0.2, -0.15) is 0 Å². The van der Waals surface area contributed by atoms with Crippen LogP contribution in [0.5, 0.6) is 0 Å². The molecule has 0 bridgehead atoms. The molecular weight excluding hydrogens is 324 g/mol. The Morgan fingerprint density at radius 2 is 2.00 bits per heavy atom. The number of primary amides is 1. The summed E-state index contributed by atoms with van der Waals surface area (Å²) in [5.41, 5.74) is 9.11. The van der Waals surface area contributed by atoms with Crippen molar-refractivity contribution >= 4 is 23.2 Å². The Kier molecular flexibility index (Phi) is 3.86. The molecule has 0 saturated carbocycles. The van der Waals surface area contributed by atoms with Gasteiger partial charge in [0.1, 0.15) is 0 Å². The highest BCUT2D eigenvalue weighted by Crippen LogP contribution is 2.39. The topological polar surface area (TPSA) is 72.6 Å². The first kappa shape index (κ1) is 15.4. The Balaban J connectivity index is 1.61. The molecule has 1 saturated heterocycles. The van der Waals surface area contributed by atoms with Crippen molar-refractivity contribution in [3.05, 3.63) is 46.3 Å². The minimum absolute atomic E-state index is 0.0403. The quantitative estimate of drug-likeness (QED) is 0.905. The van der Waals surface area contributed by atoms with Crippen LogP contribution < -0.4 is 5.73 Å². The molecule has 1 unspecified atom stereocenters. The first-order valence-corrected chi connectivity index (χ1v) is 8.86. The van der Waals surface area contributed by atoms with Crippen LogP contribution >= 0.6 is 11.3 Å². The number of carbonyl (C=O) groups excluding carboxylic acids is 2. The van der Waals surface area contributed by atoms with Crippen LogP contribution in [0.3, 0.4) is 0 Å².